The van der Waals surface area contributed by atoms with E-state index in [1.54, 1.807) is 18.6 Å². The Morgan fingerprint density at radius 2 is 2.28 bits per heavy atom. The Labute approximate surface area is 107 Å². The second-order valence-electron chi connectivity index (χ2n) is 3.96. The van der Waals surface area contributed by atoms with Crippen LogP contribution in [0, 0.1) is 11.8 Å². The maximum absolute atomic E-state index is 9.11. The fourth-order valence-electron chi connectivity index (χ4n) is 1.05. The number of aromatic nitrogens is 1. The smallest absolute Gasteiger partial charge is 0.153 e. The molecule has 96 valence electrons. The summed E-state index contributed by atoms with van der Waals surface area (Å²) in [5.41, 5.74) is 0.754. The highest BCUT2D eigenvalue weighted by Crippen LogP contribution is 2.07. The second-order valence-corrected chi connectivity index (χ2v) is 3.96. The second kappa shape index (κ2) is 7.43. The molecule has 0 aliphatic rings. The highest BCUT2D eigenvalue weighted by atomic mass is 16.3. The Bertz CT molecular complexity index is 444. The van der Waals surface area contributed by atoms with Gasteiger partial charge in [-0.15, -0.1) is 0 Å². The van der Waals surface area contributed by atoms with Crippen LogP contribution in [0.2, 0.25) is 0 Å². The predicted molar refractivity (Wildman–Crippen MR) is 70.7 cm³/mol. The van der Waals surface area contributed by atoms with Gasteiger partial charge in [-0.05, 0) is 12.1 Å². The minimum atomic E-state index is -0.783. The molecule has 2 N–H and O–H groups in total. The zero-order chi connectivity index (χ0) is 13.4. The predicted octanol–water partition coefficient (Wildman–Crippen LogP) is 0.398. The van der Waals surface area contributed by atoms with Gasteiger partial charge in [0.25, 0.3) is 0 Å². The summed E-state index contributed by atoms with van der Waals surface area (Å²) in [5.74, 6) is 6.25. The summed E-state index contributed by atoms with van der Waals surface area (Å²) in [6.45, 7) is -0.273. The molecule has 0 aromatic carbocycles. The van der Waals surface area contributed by atoms with Crippen molar-refractivity contribution in [2.75, 3.05) is 20.7 Å². The minimum Gasteiger partial charge on any atom is -0.394 e. The van der Waals surface area contributed by atoms with Gasteiger partial charge in [-0.3, -0.25) is 0 Å². The molecule has 1 rings (SSSR count). The van der Waals surface area contributed by atoms with Crippen molar-refractivity contribution in [2.24, 2.45) is 4.99 Å². The molecule has 0 fully saturated rings. The van der Waals surface area contributed by atoms with Gasteiger partial charge in [0, 0.05) is 32.3 Å². The van der Waals surface area contributed by atoms with E-state index in [0.717, 1.165) is 5.56 Å². The van der Waals surface area contributed by atoms with Crippen LogP contribution >= 0.6 is 0 Å². The zero-order valence-electron chi connectivity index (χ0n) is 10.5. The molecule has 5 heteroatoms. The van der Waals surface area contributed by atoms with Gasteiger partial charge < -0.3 is 15.1 Å². The quantitative estimate of drug-likeness (QED) is 0.459. The number of pyridine rings is 1. The highest BCUT2D eigenvalue weighted by Gasteiger charge is 1.96. The van der Waals surface area contributed by atoms with Crippen LogP contribution in [-0.4, -0.2) is 53.2 Å². The van der Waals surface area contributed by atoms with E-state index in [4.69, 9.17) is 10.2 Å². The van der Waals surface area contributed by atoms with E-state index in [-0.39, 0.29) is 13.0 Å². The molecule has 18 heavy (non-hydrogen) atoms. The fraction of sp³-hybridized carbons (Fsp3) is 0.385. The lowest BCUT2D eigenvalue weighted by molar-refractivity contribution is 0.0992. The van der Waals surface area contributed by atoms with Gasteiger partial charge in [0.05, 0.1) is 19.0 Å². The molecule has 0 aliphatic carbocycles. The van der Waals surface area contributed by atoms with Crippen LogP contribution in [0.15, 0.2) is 23.3 Å². The van der Waals surface area contributed by atoms with Gasteiger partial charge in [-0.25, -0.2) is 9.98 Å². The lowest BCUT2D eigenvalue weighted by atomic mass is 10.2. The van der Waals surface area contributed by atoms with Crippen molar-refractivity contribution in [1.29, 1.82) is 0 Å². The molecule has 0 unspecified atom stereocenters. The largest absolute Gasteiger partial charge is 0.394 e. The average Bonchev–Trinajstić information content (AvgIpc) is 2.37. The van der Waals surface area contributed by atoms with Gasteiger partial charge >= 0.3 is 0 Å². The molecule has 1 aromatic rings. The molecule has 1 aromatic heterocycles. The molecule has 5 nitrogen and oxygen atoms in total. The number of hydrogen-bond acceptors (Lipinski definition) is 4. The third-order valence-corrected chi connectivity index (χ3v) is 1.95. The summed E-state index contributed by atoms with van der Waals surface area (Å²) in [7, 11) is 3.77. The molecular weight excluding hydrogens is 230 g/mol. The van der Waals surface area contributed by atoms with Gasteiger partial charge in [0.1, 0.15) is 0 Å². The van der Waals surface area contributed by atoms with E-state index in [2.05, 4.69) is 21.8 Å². The van der Waals surface area contributed by atoms with E-state index in [1.807, 2.05) is 25.1 Å². The molecule has 0 saturated carbocycles. The molecule has 1 heterocycles. The number of aliphatic hydroxyl groups excluding tert-OH is 2. The van der Waals surface area contributed by atoms with Crippen LogP contribution in [-0.2, 0) is 0 Å². The van der Waals surface area contributed by atoms with Crippen LogP contribution in [0.25, 0.3) is 0 Å². The summed E-state index contributed by atoms with van der Waals surface area (Å²) in [6.07, 6.45) is 2.76. The maximum Gasteiger partial charge on any atom is 0.153 e. The first kappa shape index (κ1) is 14.2. The van der Waals surface area contributed by atoms with Gasteiger partial charge in [0.15, 0.2) is 5.82 Å². The first-order valence-electron chi connectivity index (χ1n) is 5.56. The normalized spacial score (nSPS) is 12.0. The Kier molecular flexibility index (Phi) is 5.85. The van der Waals surface area contributed by atoms with Gasteiger partial charge in [-0.2, -0.15) is 0 Å². The van der Waals surface area contributed by atoms with Gasteiger partial charge in [0.2, 0.25) is 0 Å². The van der Waals surface area contributed by atoms with E-state index in [0.29, 0.717) is 5.82 Å². The lowest BCUT2D eigenvalue weighted by Crippen LogP contribution is -2.09. The third kappa shape index (κ3) is 5.43. The van der Waals surface area contributed by atoms with E-state index in [1.165, 1.54) is 0 Å². The van der Waals surface area contributed by atoms with Crippen molar-refractivity contribution in [2.45, 2.75) is 12.5 Å². The number of nitrogens with zero attached hydrogens (tertiary/aromatic N) is 3. The van der Waals surface area contributed by atoms with Crippen molar-refractivity contribution >= 4 is 12.2 Å². The molecule has 0 amide bonds. The first-order valence-corrected chi connectivity index (χ1v) is 5.56. The molecular formula is C13H17N3O2. The maximum atomic E-state index is 9.11. The van der Waals surface area contributed by atoms with Crippen LogP contribution in [0.5, 0.6) is 0 Å². The van der Waals surface area contributed by atoms with E-state index in [9.17, 15) is 0 Å². The van der Waals surface area contributed by atoms with Crippen LogP contribution in [0.4, 0.5) is 5.82 Å². The van der Waals surface area contributed by atoms with Crippen molar-refractivity contribution in [3.05, 3.63) is 23.9 Å². The summed E-state index contributed by atoms with van der Waals surface area (Å²) < 4.78 is 0. The van der Waals surface area contributed by atoms with Crippen LogP contribution in [0.3, 0.4) is 0 Å². The molecule has 1 atom stereocenters. The van der Waals surface area contributed by atoms with Crippen molar-refractivity contribution < 1.29 is 10.2 Å². The SMILES string of the molecule is CN(C)C=Nc1ccc(C#CC[C@H](O)CO)cn1. The van der Waals surface area contributed by atoms with E-state index >= 15 is 0 Å². The highest BCUT2D eigenvalue weighted by molar-refractivity contribution is 5.59. The van der Waals surface area contributed by atoms with E-state index < -0.39 is 6.10 Å². The topological polar surface area (TPSA) is 69.0 Å². The summed E-state index contributed by atoms with van der Waals surface area (Å²) in [5, 5.41) is 17.7. The first-order chi connectivity index (χ1) is 8.61. The molecule has 0 bridgehead atoms. The molecule has 0 radical (unpaired) electrons. The number of aliphatic hydroxyl groups is 2. The number of rotatable bonds is 4. The Balaban J connectivity index is 2.60. The third-order valence-electron chi connectivity index (χ3n) is 1.95. The Hall–Kier alpha value is -1.90. The van der Waals surface area contributed by atoms with Crippen molar-refractivity contribution in [3.8, 4) is 11.8 Å². The zero-order valence-corrected chi connectivity index (χ0v) is 10.5. The van der Waals surface area contributed by atoms with Gasteiger partial charge in [-0.1, -0.05) is 11.8 Å². The Morgan fingerprint density at radius 1 is 1.50 bits per heavy atom. The average molecular weight is 247 g/mol. The standard InChI is InChI=1S/C13H17N3O2/c1-16(2)10-15-13-7-6-11(8-14-13)4-3-5-12(18)9-17/h6-8,10,12,17-18H,5,9H2,1-2H3/t12-/m0/s1. The lowest BCUT2D eigenvalue weighted by Gasteiger charge is -2.01. The monoisotopic (exact) mass is 247 g/mol. The molecule has 0 spiro atoms. The molecule has 0 aliphatic heterocycles. The number of hydrogen-bond donors (Lipinski definition) is 2. The fourth-order valence-corrected chi connectivity index (χ4v) is 1.05. The van der Waals surface area contributed by atoms with Crippen LogP contribution < -0.4 is 0 Å². The van der Waals surface area contributed by atoms with Crippen LogP contribution in [0.1, 0.15) is 12.0 Å². The number of aliphatic imine (C=N–C) groups is 1. The summed E-state index contributed by atoms with van der Waals surface area (Å²) >= 11 is 0. The van der Waals surface area contributed by atoms with Crippen molar-refractivity contribution in [3.63, 3.8) is 0 Å². The Morgan fingerprint density at radius 3 is 2.83 bits per heavy atom. The summed E-state index contributed by atoms with van der Waals surface area (Å²) in [4.78, 5) is 10.1. The van der Waals surface area contributed by atoms with Crippen molar-refractivity contribution in [1.82, 2.24) is 9.88 Å². The minimum absolute atomic E-state index is 0.247. The summed E-state index contributed by atoms with van der Waals surface area (Å²) in [6, 6.07) is 3.58. The molecule has 0 saturated heterocycles.